The third-order valence-electron chi connectivity index (χ3n) is 4.42. The predicted molar refractivity (Wildman–Crippen MR) is 103 cm³/mol. The number of aryl methyl sites for hydroxylation is 2. The first-order chi connectivity index (χ1) is 12.3. The second kappa shape index (κ2) is 7.07. The van der Waals surface area contributed by atoms with Crippen LogP contribution in [0.2, 0.25) is 0 Å². The molecule has 0 spiro atoms. The minimum Gasteiger partial charge on any atom is -0.479 e. The molecule has 2 unspecified atom stereocenters. The van der Waals surface area contributed by atoms with E-state index in [2.05, 4.69) is 16.0 Å². The standard InChI is InChI=1S/C20H23N3O3/c1-11-6-5-7-12(2)18(11)23-19(24)13(3)21-15-8-9-17-16(10-15)22-20(25)14(4)26-17/h5-10,13-14,21H,1-4H3,(H,22,25)(H,23,24). The molecule has 26 heavy (non-hydrogen) atoms. The lowest BCUT2D eigenvalue weighted by Gasteiger charge is -2.24. The van der Waals surface area contributed by atoms with Crippen LogP contribution in [0, 0.1) is 13.8 Å². The normalized spacial score (nSPS) is 16.8. The second-order valence-corrected chi connectivity index (χ2v) is 6.58. The highest BCUT2D eigenvalue weighted by molar-refractivity contribution is 5.99. The number of hydrogen-bond donors (Lipinski definition) is 3. The van der Waals surface area contributed by atoms with E-state index in [9.17, 15) is 9.59 Å². The highest BCUT2D eigenvalue weighted by atomic mass is 16.5. The Morgan fingerprint density at radius 3 is 2.58 bits per heavy atom. The number of amides is 2. The van der Waals surface area contributed by atoms with Crippen LogP contribution in [0.1, 0.15) is 25.0 Å². The number of fused-ring (bicyclic) bond motifs is 1. The molecule has 0 aliphatic carbocycles. The number of rotatable bonds is 4. The van der Waals surface area contributed by atoms with E-state index in [1.54, 1.807) is 26.0 Å². The summed E-state index contributed by atoms with van der Waals surface area (Å²) in [6, 6.07) is 10.8. The Morgan fingerprint density at radius 2 is 1.88 bits per heavy atom. The van der Waals surface area contributed by atoms with E-state index >= 15 is 0 Å². The molecule has 0 saturated heterocycles. The van der Waals surface area contributed by atoms with Crippen LogP contribution in [0.25, 0.3) is 0 Å². The van der Waals surface area contributed by atoms with Crippen molar-refractivity contribution in [2.24, 2.45) is 0 Å². The highest BCUT2D eigenvalue weighted by Gasteiger charge is 2.24. The van der Waals surface area contributed by atoms with Gasteiger partial charge in [-0.15, -0.1) is 0 Å². The Kier molecular flexibility index (Phi) is 4.84. The number of benzene rings is 2. The fraction of sp³-hybridized carbons (Fsp3) is 0.300. The Hall–Kier alpha value is -3.02. The van der Waals surface area contributed by atoms with Crippen LogP contribution in [0.3, 0.4) is 0 Å². The molecule has 6 nitrogen and oxygen atoms in total. The van der Waals surface area contributed by atoms with Crippen LogP contribution in [-0.2, 0) is 9.59 Å². The van der Waals surface area contributed by atoms with E-state index in [1.165, 1.54) is 0 Å². The van der Waals surface area contributed by atoms with Gasteiger partial charge in [0.2, 0.25) is 5.91 Å². The molecule has 1 aliphatic rings. The summed E-state index contributed by atoms with van der Waals surface area (Å²) in [6.07, 6.45) is -0.511. The number of nitrogens with one attached hydrogen (secondary N) is 3. The fourth-order valence-electron chi connectivity index (χ4n) is 2.86. The van der Waals surface area contributed by atoms with E-state index in [-0.39, 0.29) is 11.8 Å². The van der Waals surface area contributed by atoms with Crippen molar-refractivity contribution in [3.05, 3.63) is 47.5 Å². The molecule has 2 amide bonds. The molecule has 3 N–H and O–H groups in total. The lowest BCUT2D eigenvalue weighted by atomic mass is 10.1. The first-order valence-corrected chi connectivity index (χ1v) is 8.60. The van der Waals surface area contributed by atoms with Crippen LogP contribution in [-0.4, -0.2) is 24.0 Å². The van der Waals surface area contributed by atoms with Crippen molar-refractivity contribution >= 4 is 28.9 Å². The fourth-order valence-corrected chi connectivity index (χ4v) is 2.86. The number of carbonyl (C=O) groups excluding carboxylic acids is 2. The van der Waals surface area contributed by atoms with Crippen LogP contribution in [0.4, 0.5) is 17.1 Å². The third-order valence-corrected chi connectivity index (χ3v) is 4.42. The molecule has 2 aromatic rings. The van der Waals surface area contributed by atoms with E-state index in [0.29, 0.717) is 11.4 Å². The molecule has 0 saturated carbocycles. The van der Waals surface area contributed by atoms with Gasteiger partial charge >= 0.3 is 0 Å². The van der Waals surface area contributed by atoms with Crippen molar-refractivity contribution in [2.75, 3.05) is 16.0 Å². The summed E-state index contributed by atoms with van der Waals surface area (Å²) in [5, 5.41) is 8.94. The number of carbonyl (C=O) groups is 2. The minimum atomic E-state index is -0.511. The topological polar surface area (TPSA) is 79.5 Å². The quantitative estimate of drug-likeness (QED) is 0.786. The Labute approximate surface area is 152 Å². The summed E-state index contributed by atoms with van der Waals surface area (Å²) in [5.41, 5.74) is 4.21. The van der Waals surface area contributed by atoms with Gasteiger partial charge in [-0.25, -0.2) is 0 Å². The largest absolute Gasteiger partial charge is 0.479 e. The summed E-state index contributed by atoms with van der Waals surface area (Å²) in [4.78, 5) is 24.3. The molecule has 1 heterocycles. The Morgan fingerprint density at radius 1 is 1.19 bits per heavy atom. The van der Waals surface area contributed by atoms with Crippen molar-refractivity contribution in [1.29, 1.82) is 0 Å². The zero-order valence-electron chi connectivity index (χ0n) is 15.3. The molecule has 0 bridgehead atoms. The highest BCUT2D eigenvalue weighted by Crippen LogP contribution is 2.32. The first kappa shape index (κ1) is 17.8. The Bertz CT molecular complexity index is 843. The molecule has 3 rings (SSSR count). The first-order valence-electron chi connectivity index (χ1n) is 8.60. The number of ether oxygens (including phenoxy) is 1. The van der Waals surface area contributed by atoms with Crippen molar-refractivity contribution in [3.63, 3.8) is 0 Å². The van der Waals surface area contributed by atoms with Gasteiger partial charge in [-0.2, -0.15) is 0 Å². The average Bonchev–Trinajstić information content (AvgIpc) is 2.59. The summed E-state index contributed by atoms with van der Waals surface area (Å²) in [7, 11) is 0. The predicted octanol–water partition coefficient (Wildman–Crippen LogP) is 3.46. The molecule has 2 aromatic carbocycles. The van der Waals surface area contributed by atoms with Gasteiger partial charge in [-0.05, 0) is 57.0 Å². The molecule has 6 heteroatoms. The van der Waals surface area contributed by atoms with E-state index in [0.717, 1.165) is 22.5 Å². The lowest BCUT2D eigenvalue weighted by molar-refractivity contribution is -0.122. The number of para-hydroxylation sites is 1. The maximum absolute atomic E-state index is 12.5. The number of anilines is 3. The molecular formula is C20H23N3O3. The van der Waals surface area contributed by atoms with Crippen molar-refractivity contribution in [2.45, 2.75) is 39.8 Å². The van der Waals surface area contributed by atoms with Gasteiger partial charge in [0.15, 0.2) is 6.10 Å². The van der Waals surface area contributed by atoms with E-state index in [4.69, 9.17) is 4.74 Å². The smallest absolute Gasteiger partial charge is 0.265 e. The van der Waals surface area contributed by atoms with Crippen LogP contribution < -0.4 is 20.7 Å². The minimum absolute atomic E-state index is 0.131. The van der Waals surface area contributed by atoms with Crippen LogP contribution >= 0.6 is 0 Å². The lowest BCUT2D eigenvalue weighted by Crippen LogP contribution is -2.35. The van der Waals surface area contributed by atoms with Gasteiger partial charge in [-0.1, -0.05) is 18.2 Å². The van der Waals surface area contributed by atoms with Gasteiger partial charge in [0, 0.05) is 11.4 Å². The molecule has 1 aliphatic heterocycles. The zero-order valence-corrected chi connectivity index (χ0v) is 15.3. The SMILES string of the molecule is Cc1cccc(C)c1NC(=O)C(C)Nc1ccc2c(c1)NC(=O)C(C)O2. The van der Waals surface area contributed by atoms with Gasteiger partial charge < -0.3 is 20.7 Å². The van der Waals surface area contributed by atoms with Gasteiger partial charge in [0.25, 0.3) is 5.91 Å². The molecule has 0 aromatic heterocycles. The van der Waals surface area contributed by atoms with Gasteiger partial charge in [0.05, 0.1) is 5.69 Å². The van der Waals surface area contributed by atoms with Crippen molar-refractivity contribution < 1.29 is 14.3 Å². The molecule has 136 valence electrons. The average molecular weight is 353 g/mol. The van der Waals surface area contributed by atoms with E-state index in [1.807, 2.05) is 38.1 Å². The molecule has 2 atom stereocenters. The van der Waals surface area contributed by atoms with Crippen LogP contribution in [0.15, 0.2) is 36.4 Å². The summed E-state index contributed by atoms with van der Waals surface area (Å²) in [6.45, 7) is 7.42. The maximum Gasteiger partial charge on any atom is 0.265 e. The van der Waals surface area contributed by atoms with Crippen LogP contribution in [0.5, 0.6) is 5.75 Å². The maximum atomic E-state index is 12.5. The van der Waals surface area contributed by atoms with E-state index < -0.39 is 12.1 Å². The summed E-state index contributed by atoms with van der Waals surface area (Å²) < 4.78 is 5.54. The summed E-state index contributed by atoms with van der Waals surface area (Å²) >= 11 is 0. The monoisotopic (exact) mass is 353 g/mol. The third kappa shape index (κ3) is 3.64. The Balaban J connectivity index is 1.70. The van der Waals surface area contributed by atoms with Crippen molar-refractivity contribution in [1.82, 2.24) is 0 Å². The zero-order chi connectivity index (χ0) is 18.8. The number of hydrogen-bond acceptors (Lipinski definition) is 4. The van der Waals surface area contributed by atoms with Crippen molar-refractivity contribution in [3.8, 4) is 5.75 Å². The van der Waals surface area contributed by atoms with Gasteiger partial charge in [-0.3, -0.25) is 9.59 Å². The molecular weight excluding hydrogens is 330 g/mol. The van der Waals surface area contributed by atoms with Gasteiger partial charge in [0.1, 0.15) is 11.8 Å². The second-order valence-electron chi connectivity index (χ2n) is 6.58. The molecule has 0 radical (unpaired) electrons. The summed E-state index contributed by atoms with van der Waals surface area (Å²) in [5.74, 6) is 0.305. The molecule has 0 fully saturated rings.